The minimum absolute atomic E-state index is 0. The Morgan fingerprint density at radius 1 is 0.527 bits per heavy atom. The van der Waals surface area contributed by atoms with Crippen molar-refractivity contribution in [2.75, 3.05) is 73.4 Å². The van der Waals surface area contributed by atoms with Gasteiger partial charge in [-0.05, 0) is 112 Å². The van der Waals surface area contributed by atoms with Gasteiger partial charge >= 0.3 is 127 Å². The third-order valence-corrected chi connectivity index (χ3v) is 17.7. The van der Waals surface area contributed by atoms with Crippen LogP contribution in [0.1, 0.15) is 50.4 Å². The molecule has 8 aromatic carbocycles. The Bertz CT molecular complexity index is 3980. The van der Waals surface area contributed by atoms with Crippen LogP contribution in [0, 0.1) is 13.8 Å². The fraction of sp³-hybridized carbons (Fsp3) is 0.269. The largest absolute Gasteiger partial charge is 1.00 e. The zero-order valence-corrected chi connectivity index (χ0v) is 63.6. The maximum absolute atomic E-state index is 14.0. The van der Waals surface area contributed by atoms with Crippen molar-refractivity contribution < 1.29 is 184 Å². The van der Waals surface area contributed by atoms with E-state index in [-0.39, 0.29) is 169 Å². The van der Waals surface area contributed by atoms with Crippen molar-refractivity contribution in [2.24, 2.45) is 0 Å². The van der Waals surface area contributed by atoms with E-state index in [4.69, 9.17) is 33.7 Å². The molecule has 93 heavy (non-hydrogen) atoms. The van der Waals surface area contributed by atoms with Crippen molar-refractivity contribution >= 4 is 111 Å². The summed E-state index contributed by atoms with van der Waals surface area (Å²) in [7, 11) is 0.318. The normalized spacial score (nSPS) is 11.2. The molecule has 0 amide bonds. The number of benzene rings is 8. The van der Waals surface area contributed by atoms with Crippen molar-refractivity contribution in [3.8, 4) is 11.5 Å². The number of nitrogens with zero attached hydrogens (tertiary/aromatic N) is 3. The van der Waals surface area contributed by atoms with Crippen LogP contribution in [0.4, 0.5) is 22.7 Å². The molecule has 0 radical (unpaired) electrons. The minimum Gasteiger partial charge on any atom is -1.00 e. The van der Waals surface area contributed by atoms with Crippen molar-refractivity contribution in [1.82, 2.24) is 0 Å². The molecule has 0 saturated carbocycles. The number of esters is 4. The topological polar surface area (TPSA) is 263 Å². The SMILES string of the molecule is COC(=O)CBr.COC(=O)C[C@H](C)N(Cc1cccc(C)c1)c1ccc(N(CC(=O)OC)S(=O)(=O)c2ccc(OC)cc2)c2ccccc12.COC(=O)C[C@H](C)N(Cc1cccc(C)c1)c1ccc(NS(=O)(=O)c2ccc(OC)cc2)c2ccccc12.O=CO[O-].[H-].[K+].[K+]. The first-order valence-corrected chi connectivity index (χ1v) is 32.1. The predicted octanol–water partition coefficient (Wildman–Crippen LogP) is 4.51. The van der Waals surface area contributed by atoms with Crippen LogP contribution < -0.4 is 136 Å². The molecule has 21 nitrogen and oxygen atoms in total. The molecule has 0 unspecified atom stereocenters. The molecule has 486 valence electrons. The average molecular weight is 1430 g/mol. The molecule has 0 fully saturated rings. The summed E-state index contributed by atoms with van der Waals surface area (Å²) in [5.74, 6) is -0.498. The molecular formula is C67H75BrK2N4O17S2. The number of methoxy groups -OCH3 is 6. The number of ether oxygens (including phenoxy) is 6. The number of alkyl halides is 1. The quantitative estimate of drug-likeness (QED) is 0.0166. The van der Waals surface area contributed by atoms with Gasteiger partial charge in [-0.1, -0.05) is 124 Å². The summed E-state index contributed by atoms with van der Waals surface area (Å²) in [5, 5.41) is 11.7. The van der Waals surface area contributed by atoms with Gasteiger partial charge in [-0.2, -0.15) is 0 Å². The molecule has 0 aliphatic heterocycles. The van der Waals surface area contributed by atoms with Crippen molar-refractivity contribution in [2.45, 2.75) is 75.5 Å². The van der Waals surface area contributed by atoms with Crippen molar-refractivity contribution in [3.05, 3.63) is 192 Å². The van der Waals surface area contributed by atoms with E-state index in [1.54, 1.807) is 36.4 Å². The van der Waals surface area contributed by atoms with E-state index in [9.17, 15) is 36.0 Å². The van der Waals surface area contributed by atoms with Gasteiger partial charge in [0.05, 0.1) is 76.7 Å². The smallest absolute Gasteiger partial charge is 1.00 e. The summed E-state index contributed by atoms with van der Waals surface area (Å²) in [6.45, 7) is 8.37. The van der Waals surface area contributed by atoms with Crippen molar-refractivity contribution in [1.29, 1.82) is 0 Å². The van der Waals surface area contributed by atoms with Gasteiger partial charge in [-0.25, -0.2) is 16.8 Å². The number of rotatable bonds is 24. The maximum Gasteiger partial charge on any atom is 1.00 e. The Hall–Kier alpha value is -5.96. The molecule has 0 saturated heterocycles. The van der Waals surface area contributed by atoms with Crippen LogP contribution in [0.15, 0.2) is 180 Å². The molecule has 0 bridgehead atoms. The Balaban J connectivity index is 0.000000546. The van der Waals surface area contributed by atoms with Crippen LogP contribution in [-0.2, 0) is 80.9 Å². The van der Waals surface area contributed by atoms with E-state index in [0.29, 0.717) is 41.3 Å². The van der Waals surface area contributed by atoms with E-state index in [2.05, 4.69) is 58.3 Å². The zero-order chi connectivity index (χ0) is 66.8. The number of halogens is 1. The van der Waals surface area contributed by atoms with Crippen LogP contribution in [-0.4, -0.2) is 114 Å². The Morgan fingerprint density at radius 2 is 0.914 bits per heavy atom. The molecular weight excluding hydrogens is 1350 g/mol. The standard InChI is InChI=1S/C33H36N2O7S.C30H32N2O5S.C3H5BrO2.CH2O3.2K.H/c1-23-9-8-10-25(19-23)21-34(24(2)20-32(36)41-4)30-17-18-31(29-12-7-6-11-28(29)30)35(22-33(37)42-5)43(38,39)27-15-13-26(40-3)14-16-27;1-21-8-7-9-23(18-21)20-32(22(2)19-30(33)37-4)29-17-16-28(26-10-5-6-11-27(26)29)31-38(34,35)25-14-12-24(36-3)13-15-25;1-6-3(5)2-4;2-1-4-3;;;/h6-19,24H,20-22H2,1-5H3;5-18,22,31H,19-20H2,1-4H3;2H2,1H3;1,3H;;;/q;;;;2*+1;-1/p-1/t24-;22-;;;;;/m00...../s1. The van der Waals surface area contributed by atoms with Crippen LogP contribution in [0.3, 0.4) is 0 Å². The van der Waals surface area contributed by atoms with E-state index < -0.39 is 32.6 Å². The fourth-order valence-corrected chi connectivity index (χ4v) is 12.3. The van der Waals surface area contributed by atoms with E-state index in [0.717, 1.165) is 54.1 Å². The molecule has 0 spiro atoms. The summed E-state index contributed by atoms with van der Waals surface area (Å²) >= 11 is 2.90. The molecule has 0 aliphatic rings. The molecule has 26 heteroatoms. The predicted molar refractivity (Wildman–Crippen MR) is 352 cm³/mol. The number of nitrogens with one attached hydrogen (secondary N) is 1. The summed E-state index contributed by atoms with van der Waals surface area (Å²) in [6, 6.07) is 50.4. The van der Waals surface area contributed by atoms with Gasteiger partial charge in [0.25, 0.3) is 26.5 Å². The van der Waals surface area contributed by atoms with Crippen LogP contribution in [0.25, 0.3) is 21.5 Å². The van der Waals surface area contributed by atoms with E-state index >= 15 is 0 Å². The third-order valence-electron chi connectivity index (χ3n) is 14.1. The second-order valence-corrected chi connectivity index (χ2v) is 24.4. The number of aryl methyl sites for hydroxylation is 2. The van der Waals surface area contributed by atoms with Gasteiger partial charge in [0.15, 0.2) is 0 Å². The number of fused-ring (bicyclic) bond motifs is 2. The molecule has 8 aromatic rings. The molecule has 1 N–H and O–H groups in total. The van der Waals surface area contributed by atoms with E-state index in [1.165, 1.54) is 66.9 Å². The Labute approximate surface area is 638 Å². The van der Waals surface area contributed by atoms with E-state index in [1.807, 2.05) is 119 Å². The molecule has 2 atom stereocenters. The fourth-order valence-electron chi connectivity index (χ4n) is 9.57. The van der Waals surface area contributed by atoms with Crippen LogP contribution in [0.2, 0.25) is 0 Å². The first kappa shape index (κ1) is 81.3. The number of carbonyl (C=O) groups is 5. The zero-order valence-electron chi connectivity index (χ0n) is 55.1. The number of sulfonamides is 2. The second-order valence-electron chi connectivity index (χ2n) is 20.3. The van der Waals surface area contributed by atoms with Gasteiger partial charge < -0.3 is 49.8 Å². The molecule has 0 aromatic heterocycles. The van der Waals surface area contributed by atoms with Gasteiger partial charge in [0.2, 0.25) is 0 Å². The Morgan fingerprint density at radius 3 is 1.30 bits per heavy atom. The van der Waals surface area contributed by atoms with Crippen LogP contribution in [0.5, 0.6) is 11.5 Å². The molecule has 8 rings (SSSR count). The van der Waals surface area contributed by atoms with Gasteiger partial charge in [0.1, 0.15) is 23.4 Å². The number of hydrogen-bond acceptors (Lipinski definition) is 19. The summed E-state index contributed by atoms with van der Waals surface area (Å²) in [5.41, 5.74) is 6.90. The number of anilines is 4. The van der Waals surface area contributed by atoms with Gasteiger partial charge in [-0.15, -0.1) is 0 Å². The third kappa shape index (κ3) is 23.7. The number of hydrogen-bond donors (Lipinski definition) is 1. The summed E-state index contributed by atoms with van der Waals surface area (Å²) in [4.78, 5) is 62.6. The molecule has 0 aliphatic carbocycles. The van der Waals surface area contributed by atoms with Crippen molar-refractivity contribution in [3.63, 3.8) is 0 Å². The summed E-state index contributed by atoms with van der Waals surface area (Å²) < 4.78 is 87.5. The Kier molecular flexibility index (Phi) is 35.3. The maximum atomic E-state index is 14.0. The monoisotopic (exact) mass is 1430 g/mol. The minimum atomic E-state index is -4.20. The first-order valence-electron chi connectivity index (χ1n) is 28.1. The summed E-state index contributed by atoms with van der Waals surface area (Å²) in [6.07, 6.45) is 0.362. The average Bonchev–Trinajstić information content (AvgIpc) is 0.768. The van der Waals surface area contributed by atoms with Gasteiger partial charge in [0, 0.05) is 58.1 Å². The van der Waals surface area contributed by atoms with Crippen LogP contribution >= 0.6 is 15.9 Å². The number of carbonyl (C=O) groups excluding carboxylic acids is 5. The second kappa shape index (κ2) is 40.4. The van der Waals surface area contributed by atoms with Gasteiger partial charge in [-0.3, -0.25) is 33.0 Å². The first-order chi connectivity index (χ1) is 43.5. The molecule has 0 heterocycles.